The van der Waals surface area contributed by atoms with E-state index in [1.807, 2.05) is 0 Å². The summed E-state index contributed by atoms with van der Waals surface area (Å²) in [5, 5.41) is 9.65. The molecule has 1 heterocycles. The number of nitrogens with two attached hydrogens (primary N) is 1. The lowest BCUT2D eigenvalue weighted by Gasteiger charge is -2.06. The number of nitriles is 1. The van der Waals surface area contributed by atoms with Gasteiger partial charge in [0.1, 0.15) is 17.5 Å². The zero-order chi connectivity index (χ0) is 11.5. The first-order chi connectivity index (χ1) is 7.76. The van der Waals surface area contributed by atoms with Crippen LogP contribution in [0.15, 0.2) is 17.8 Å². The molecule has 0 spiro atoms. The third kappa shape index (κ3) is 2.17. The van der Waals surface area contributed by atoms with Crippen molar-refractivity contribution in [3.63, 3.8) is 0 Å². The molecule has 0 saturated heterocycles. The maximum Gasteiger partial charge on any atom is 0.190 e. The van der Waals surface area contributed by atoms with Crippen molar-refractivity contribution in [3.05, 3.63) is 23.9 Å². The summed E-state index contributed by atoms with van der Waals surface area (Å²) >= 11 is 1.48. The second-order valence-electron chi connectivity index (χ2n) is 3.64. The zero-order valence-corrected chi connectivity index (χ0v) is 9.63. The summed E-state index contributed by atoms with van der Waals surface area (Å²) in [6.45, 7) is 3.64. The fraction of sp³-hybridized carbons (Fsp3) is 0.364. The number of rotatable bonds is 4. The van der Waals surface area contributed by atoms with Gasteiger partial charge in [0.15, 0.2) is 5.16 Å². The molecule has 0 amide bonds. The topological polar surface area (TPSA) is 75.6 Å². The van der Waals surface area contributed by atoms with Gasteiger partial charge in [0, 0.05) is 11.7 Å². The van der Waals surface area contributed by atoms with Crippen LogP contribution in [0.4, 0.5) is 5.82 Å². The lowest BCUT2D eigenvalue weighted by molar-refractivity contribution is 0.882. The largest absolute Gasteiger partial charge is 0.382 e. The van der Waals surface area contributed by atoms with Crippen molar-refractivity contribution in [2.75, 3.05) is 11.5 Å². The normalized spacial score (nSPS) is 14.4. The van der Waals surface area contributed by atoms with Gasteiger partial charge >= 0.3 is 0 Å². The zero-order valence-electron chi connectivity index (χ0n) is 8.81. The molecule has 5 heteroatoms. The van der Waals surface area contributed by atoms with Crippen LogP contribution in [0.1, 0.15) is 30.0 Å². The second kappa shape index (κ2) is 4.54. The number of anilines is 1. The van der Waals surface area contributed by atoms with E-state index in [1.165, 1.54) is 11.8 Å². The first-order valence-corrected chi connectivity index (χ1v) is 6.06. The first-order valence-electron chi connectivity index (χ1n) is 5.07. The average molecular weight is 232 g/mol. The smallest absolute Gasteiger partial charge is 0.190 e. The molecule has 4 nitrogen and oxygen atoms in total. The summed E-state index contributed by atoms with van der Waals surface area (Å²) < 4.78 is 0. The van der Waals surface area contributed by atoms with Crippen molar-refractivity contribution in [1.82, 2.24) is 9.97 Å². The second-order valence-corrected chi connectivity index (χ2v) is 4.62. The minimum absolute atomic E-state index is 0.297. The van der Waals surface area contributed by atoms with E-state index >= 15 is 0 Å². The van der Waals surface area contributed by atoms with E-state index in [-0.39, 0.29) is 0 Å². The molecule has 1 fully saturated rings. The van der Waals surface area contributed by atoms with Gasteiger partial charge in [-0.1, -0.05) is 17.8 Å². The van der Waals surface area contributed by atoms with E-state index in [1.54, 1.807) is 6.08 Å². The molecule has 1 saturated carbocycles. The fourth-order valence-electron chi connectivity index (χ4n) is 1.44. The molecule has 0 atom stereocenters. The lowest BCUT2D eigenvalue weighted by atomic mass is 10.1. The van der Waals surface area contributed by atoms with E-state index < -0.39 is 0 Å². The highest BCUT2D eigenvalue weighted by molar-refractivity contribution is 7.99. The summed E-state index contributed by atoms with van der Waals surface area (Å²) in [5.41, 5.74) is 7.03. The Bertz CT molecular complexity index is 460. The lowest BCUT2D eigenvalue weighted by Crippen LogP contribution is -2.04. The number of aromatic nitrogens is 2. The highest BCUT2D eigenvalue weighted by atomic mass is 32.2. The number of hydrogen-bond donors (Lipinski definition) is 1. The summed E-state index contributed by atoms with van der Waals surface area (Å²) in [5.74, 6) is 1.45. The van der Waals surface area contributed by atoms with E-state index in [0.717, 1.165) is 24.3 Å². The van der Waals surface area contributed by atoms with Gasteiger partial charge < -0.3 is 5.73 Å². The van der Waals surface area contributed by atoms with Gasteiger partial charge in [-0.25, -0.2) is 9.97 Å². The first kappa shape index (κ1) is 11.0. The van der Waals surface area contributed by atoms with E-state index in [9.17, 15) is 0 Å². The van der Waals surface area contributed by atoms with Crippen molar-refractivity contribution >= 4 is 17.6 Å². The van der Waals surface area contributed by atoms with Crippen LogP contribution >= 0.6 is 11.8 Å². The average Bonchev–Trinajstić information content (AvgIpc) is 3.09. The Kier molecular flexibility index (Phi) is 3.11. The Morgan fingerprint density at radius 3 is 2.88 bits per heavy atom. The van der Waals surface area contributed by atoms with Crippen molar-refractivity contribution in [1.29, 1.82) is 5.26 Å². The van der Waals surface area contributed by atoms with Gasteiger partial charge in [-0.05, 0) is 12.8 Å². The predicted octanol–water partition coefficient (Wildman–Crippen LogP) is 2.09. The quantitative estimate of drug-likeness (QED) is 0.488. The van der Waals surface area contributed by atoms with Crippen molar-refractivity contribution < 1.29 is 0 Å². The predicted molar refractivity (Wildman–Crippen MR) is 64.1 cm³/mol. The van der Waals surface area contributed by atoms with Crippen LogP contribution in [0, 0.1) is 11.3 Å². The molecule has 2 N–H and O–H groups in total. The molecule has 0 bridgehead atoms. The molecule has 0 unspecified atom stereocenters. The number of nitrogens with zero attached hydrogens (tertiary/aromatic N) is 3. The molecule has 1 aromatic heterocycles. The minimum Gasteiger partial charge on any atom is -0.382 e. The van der Waals surface area contributed by atoms with Crippen LogP contribution in [0.2, 0.25) is 0 Å². The van der Waals surface area contributed by atoms with Crippen LogP contribution < -0.4 is 5.73 Å². The van der Waals surface area contributed by atoms with Crippen LogP contribution in [-0.4, -0.2) is 15.7 Å². The van der Waals surface area contributed by atoms with Crippen molar-refractivity contribution in [3.8, 4) is 6.07 Å². The summed E-state index contributed by atoms with van der Waals surface area (Å²) in [6, 6.07) is 2.09. The van der Waals surface area contributed by atoms with Gasteiger partial charge in [0.25, 0.3) is 0 Å². The van der Waals surface area contributed by atoms with Gasteiger partial charge in [-0.2, -0.15) is 5.26 Å². The minimum atomic E-state index is 0.297. The number of thioether (sulfide) groups is 1. The molecule has 1 aromatic rings. The van der Waals surface area contributed by atoms with Crippen LogP contribution in [0.3, 0.4) is 0 Å². The van der Waals surface area contributed by atoms with E-state index in [0.29, 0.717) is 22.5 Å². The number of hydrogen-bond acceptors (Lipinski definition) is 5. The van der Waals surface area contributed by atoms with Crippen LogP contribution in [0.25, 0.3) is 0 Å². The monoisotopic (exact) mass is 232 g/mol. The van der Waals surface area contributed by atoms with Crippen molar-refractivity contribution in [2.24, 2.45) is 0 Å². The van der Waals surface area contributed by atoms with Gasteiger partial charge in [0.2, 0.25) is 0 Å². The third-order valence-corrected chi connectivity index (χ3v) is 3.19. The SMILES string of the molecule is C=CCSc1nc(N)c(C#N)c(C2CC2)n1. The Morgan fingerprint density at radius 2 is 2.31 bits per heavy atom. The van der Waals surface area contributed by atoms with Crippen molar-refractivity contribution in [2.45, 2.75) is 23.9 Å². The molecule has 1 aliphatic rings. The molecular weight excluding hydrogens is 220 g/mol. The number of nitrogen functional groups attached to an aromatic ring is 1. The Balaban J connectivity index is 2.36. The molecule has 82 valence electrons. The van der Waals surface area contributed by atoms with E-state index in [2.05, 4.69) is 22.6 Å². The molecule has 2 rings (SSSR count). The molecule has 0 aliphatic heterocycles. The van der Waals surface area contributed by atoms with Crippen LogP contribution in [0.5, 0.6) is 0 Å². The fourth-order valence-corrected chi connectivity index (χ4v) is 2.03. The highest BCUT2D eigenvalue weighted by Gasteiger charge is 2.29. The van der Waals surface area contributed by atoms with Gasteiger partial charge in [-0.15, -0.1) is 6.58 Å². The molecule has 1 aliphatic carbocycles. The molecular formula is C11H12N4S. The highest BCUT2D eigenvalue weighted by Crippen LogP contribution is 2.41. The summed E-state index contributed by atoms with van der Waals surface area (Å²) in [6.07, 6.45) is 3.98. The maximum absolute atomic E-state index is 9.01. The Morgan fingerprint density at radius 1 is 1.56 bits per heavy atom. The van der Waals surface area contributed by atoms with Gasteiger partial charge in [-0.3, -0.25) is 0 Å². The maximum atomic E-state index is 9.01. The molecule has 0 radical (unpaired) electrons. The standard InChI is InChI=1S/C11H12N4S/c1-2-5-16-11-14-9(7-3-4-7)8(6-12)10(13)15-11/h2,7H,1,3-5H2,(H2,13,14,15). The Hall–Kier alpha value is -1.54. The summed E-state index contributed by atoms with van der Waals surface area (Å²) in [7, 11) is 0. The molecule has 0 aromatic carbocycles. The summed E-state index contributed by atoms with van der Waals surface area (Å²) in [4.78, 5) is 8.52. The van der Waals surface area contributed by atoms with E-state index in [4.69, 9.17) is 11.0 Å². The third-order valence-electron chi connectivity index (χ3n) is 2.35. The van der Waals surface area contributed by atoms with Gasteiger partial charge in [0.05, 0.1) is 5.69 Å². The molecule has 16 heavy (non-hydrogen) atoms. The van der Waals surface area contributed by atoms with Crippen LogP contribution in [-0.2, 0) is 0 Å². The Labute approximate surface area is 98.6 Å².